The molecule has 0 saturated carbocycles. The fourth-order valence-corrected chi connectivity index (χ4v) is 1.21. The van der Waals surface area contributed by atoms with Crippen LogP contribution in [0.3, 0.4) is 0 Å². The lowest BCUT2D eigenvalue weighted by molar-refractivity contribution is 0.171. The Morgan fingerprint density at radius 2 is 2.00 bits per heavy atom. The van der Waals surface area contributed by atoms with Crippen LogP contribution in [0.25, 0.3) is 0 Å². The van der Waals surface area contributed by atoms with Gasteiger partial charge >= 0.3 is 6.09 Å². The third-order valence-electron chi connectivity index (χ3n) is 2.42. The second-order valence-electron chi connectivity index (χ2n) is 3.60. The zero-order valence-electron chi connectivity index (χ0n) is 10.00. The Bertz CT molecular complexity index is 425. The molecule has 1 N–H and O–H groups in total. The summed E-state index contributed by atoms with van der Waals surface area (Å²) in [6.45, 7) is 5.93. The number of carbonyl (C=O) groups excluding carboxylic acids is 1. The first-order chi connectivity index (χ1) is 7.54. The van der Waals surface area contributed by atoms with Gasteiger partial charge in [0.15, 0.2) is 0 Å². The summed E-state index contributed by atoms with van der Waals surface area (Å²) in [7, 11) is 1.30. The maximum absolute atomic E-state index is 10.8. The molecule has 0 aliphatic heterocycles. The molecule has 0 saturated heterocycles. The molecule has 0 bridgehead atoms. The number of ether oxygens (including phenoxy) is 1. The summed E-state index contributed by atoms with van der Waals surface area (Å²) in [5.41, 5.74) is 6.45. The monoisotopic (exact) mass is 220 g/mol. The minimum absolute atomic E-state index is 0.566. The highest BCUT2D eigenvalue weighted by atomic mass is 16.5. The van der Waals surface area contributed by atoms with Crippen LogP contribution in [0, 0.1) is 13.8 Å². The fourth-order valence-electron chi connectivity index (χ4n) is 1.21. The first-order valence-corrected chi connectivity index (χ1v) is 5.00. The lowest BCUT2D eigenvalue weighted by Gasteiger charge is -2.05. The summed E-state index contributed by atoms with van der Waals surface area (Å²) in [5.74, 6) is 0. The highest BCUT2D eigenvalue weighted by Crippen LogP contribution is 2.10. The van der Waals surface area contributed by atoms with E-state index in [0.29, 0.717) is 0 Å². The average Bonchev–Trinajstić information content (AvgIpc) is 2.29. The molecule has 0 aliphatic rings. The Kier molecular flexibility index (Phi) is 4.05. The molecule has 0 unspecified atom stereocenters. The van der Waals surface area contributed by atoms with Crippen molar-refractivity contribution in [3.05, 3.63) is 34.9 Å². The molecule has 0 aromatic heterocycles. The Hall–Kier alpha value is -1.84. The van der Waals surface area contributed by atoms with Crippen molar-refractivity contribution in [2.75, 3.05) is 7.11 Å². The van der Waals surface area contributed by atoms with Gasteiger partial charge < -0.3 is 4.74 Å². The molecular formula is C12H16N2O2. The van der Waals surface area contributed by atoms with E-state index in [1.165, 1.54) is 18.2 Å². The van der Waals surface area contributed by atoms with Crippen molar-refractivity contribution in [2.45, 2.75) is 20.8 Å². The van der Waals surface area contributed by atoms with Crippen LogP contribution in [-0.2, 0) is 4.74 Å². The van der Waals surface area contributed by atoms with Gasteiger partial charge in [-0.2, -0.15) is 5.10 Å². The van der Waals surface area contributed by atoms with Crippen molar-refractivity contribution in [1.29, 1.82) is 0 Å². The molecule has 0 aliphatic carbocycles. The summed E-state index contributed by atoms with van der Waals surface area (Å²) in [6.07, 6.45) is -0.566. The molecule has 0 fully saturated rings. The summed E-state index contributed by atoms with van der Waals surface area (Å²) >= 11 is 0. The normalized spacial score (nSPS) is 11.1. The summed E-state index contributed by atoms with van der Waals surface area (Å²) in [5, 5.41) is 3.93. The summed E-state index contributed by atoms with van der Waals surface area (Å²) < 4.78 is 4.42. The number of benzene rings is 1. The van der Waals surface area contributed by atoms with Crippen molar-refractivity contribution in [1.82, 2.24) is 5.43 Å². The van der Waals surface area contributed by atoms with Crippen LogP contribution in [0.2, 0.25) is 0 Å². The van der Waals surface area contributed by atoms with Crippen molar-refractivity contribution in [3.63, 3.8) is 0 Å². The summed E-state index contributed by atoms with van der Waals surface area (Å²) in [4.78, 5) is 10.8. The highest BCUT2D eigenvalue weighted by molar-refractivity contribution is 5.99. The molecule has 0 radical (unpaired) electrons. The predicted molar refractivity (Wildman–Crippen MR) is 63.7 cm³/mol. The van der Waals surface area contributed by atoms with Gasteiger partial charge in [-0.25, -0.2) is 10.2 Å². The first kappa shape index (κ1) is 12.2. The van der Waals surface area contributed by atoms with Gasteiger partial charge in [0.05, 0.1) is 12.8 Å². The number of methoxy groups -OCH3 is 1. The van der Waals surface area contributed by atoms with Crippen LogP contribution < -0.4 is 5.43 Å². The van der Waals surface area contributed by atoms with Crippen molar-refractivity contribution in [3.8, 4) is 0 Å². The number of amides is 1. The second kappa shape index (κ2) is 5.30. The van der Waals surface area contributed by atoms with Gasteiger partial charge in [-0.3, -0.25) is 0 Å². The number of rotatable bonds is 2. The highest BCUT2D eigenvalue weighted by Gasteiger charge is 2.01. The number of hydrogen-bond acceptors (Lipinski definition) is 3. The Morgan fingerprint density at radius 1 is 1.31 bits per heavy atom. The van der Waals surface area contributed by atoms with Crippen LogP contribution in [0.1, 0.15) is 23.6 Å². The van der Waals surface area contributed by atoms with Crippen LogP contribution >= 0.6 is 0 Å². The largest absolute Gasteiger partial charge is 0.452 e. The minimum Gasteiger partial charge on any atom is -0.452 e. The van der Waals surface area contributed by atoms with Crippen molar-refractivity contribution in [2.24, 2.45) is 5.10 Å². The molecule has 4 nitrogen and oxygen atoms in total. The summed E-state index contributed by atoms with van der Waals surface area (Å²) in [6, 6.07) is 6.04. The third kappa shape index (κ3) is 3.08. The number of carbonyl (C=O) groups is 1. The number of hydrogen-bond donors (Lipinski definition) is 1. The van der Waals surface area contributed by atoms with E-state index < -0.39 is 6.09 Å². The molecular weight excluding hydrogens is 204 g/mol. The van der Waals surface area contributed by atoms with E-state index in [0.717, 1.165) is 11.3 Å². The number of hydrazone groups is 1. The molecule has 86 valence electrons. The van der Waals surface area contributed by atoms with Gasteiger partial charge in [-0.15, -0.1) is 0 Å². The average molecular weight is 220 g/mol. The van der Waals surface area contributed by atoms with E-state index in [2.05, 4.69) is 22.2 Å². The molecule has 16 heavy (non-hydrogen) atoms. The predicted octanol–water partition coefficient (Wildman–Crippen LogP) is 2.38. The van der Waals surface area contributed by atoms with Gasteiger partial charge in [0.1, 0.15) is 0 Å². The van der Waals surface area contributed by atoms with E-state index in [1.54, 1.807) is 0 Å². The molecule has 1 amide bonds. The van der Waals surface area contributed by atoms with Crippen LogP contribution in [0.15, 0.2) is 23.3 Å². The van der Waals surface area contributed by atoms with Gasteiger partial charge in [0.25, 0.3) is 0 Å². The third-order valence-corrected chi connectivity index (χ3v) is 2.42. The lowest BCUT2D eigenvalue weighted by Crippen LogP contribution is -2.18. The van der Waals surface area contributed by atoms with Crippen molar-refractivity contribution < 1.29 is 9.53 Å². The van der Waals surface area contributed by atoms with E-state index >= 15 is 0 Å². The van der Waals surface area contributed by atoms with Gasteiger partial charge in [0.2, 0.25) is 0 Å². The molecule has 4 heteroatoms. The van der Waals surface area contributed by atoms with E-state index in [4.69, 9.17) is 0 Å². The van der Waals surface area contributed by atoms with E-state index in [-0.39, 0.29) is 0 Å². The van der Waals surface area contributed by atoms with Crippen LogP contribution in [0.4, 0.5) is 4.79 Å². The zero-order chi connectivity index (χ0) is 12.1. The van der Waals surface area contributed by atoms with Crippen molar-refractivity contribution >= 4 is 11.8 Å². The molecule has 0 atom stereocenters. The Morgan fingerprint density at radius 3 is 2.56 bits per heavy atom. The number of nitrogens with one attached hydrogen (secondary N) is 1. The Labute approximate surface area is 95.3 Å². The number of nitrogens with zero attached hydrogens (tertiary/aromatic N) is 1. The fraction of sp³-hybridized carbons (Fsp3) is 0.333. The molecule has 0 heterocycles. The van der Waals surface area contributed by atoms with Gasteiger partial charge in [-0.05, 0) is 43.5 Å². The van der Waals surface area contributed by atoms with E-state index in [9.17, 15) is 4.79 Å². The van der Waals surface area contributed by atoms with Crippen LogP contribution in [-0.4, -0.2) is 18.9 Å². The molecule has 1 aromatic carbocycles. The maximum Gasteiger partial charge on any atom is 0.427 e. The quantitative estimate of drug-likeness (QED) is 0.614. The van der Waals surface area contributed by atoms with Gasteiger partial charge in [-0.1, -0.05) is 12.1 Å². The second-order valence-corrected chi connectivity index (χ2v) is 3.60. The first-order valence-electron chi connectivity index (χ1n) is 5.00. The Balaban J connectivity index is 2.83. The maximum atomic E-state index is 10.8. The van der Waals surface area contributed by atoms with E-state index in [1.807, 2.05) is 32.0 Å². The number of aryl methyl sites for hydroxylation is 2. The lowest BCUT2D eigenvalue weighted by atomic mass is 10.0. The zero-order valence-corrected chi connectivity index (χ0v) is 10.00. The van der Waals surface area contributed by atoms with Gasteiger partial charge in [0, 0.05) is 0 Å². The topological polar surface area (TPSA) is 50.7 Å². The molecule has 1 aromatic rings. The standard InChI is InChI=1S/C12H16N2O2/c1-8-5-6-11(7-9(8)2)10(3)13-14-12(15)16-4/h5-7H,1-4H3,(H,14,15). The van der Waals surface area contributed by atoms with Crippen LogP contribution in [0.5, 0.6) is 0 Å². The minimum atomic E-state index is -0.566. The molecule has 1 rings (SSSR count). The molecule has 0 spiro atoms. The SMILES string of the molecule is COC(=O)NN=C(C)c1ccc(C)c(C)c1. The smallest absolute Gasteiger partial charge is 0.427 e.